The Morgan fingerprint density at radius 3 is 1.16 bits per heavy atom. The van der Waals surface area contributed by atoms with E-state index in [1.807, 2.05) is 0 Å². The molecule has 0 aromatic heterocycles. The van der Waals surface area contributed by atoms with Gasteiger partial charge >= 0.3 is 37.8 Å². The zero-order valence-corrected chi connectivity index (χ0v) is 24.4. The van der Waals surface area contributed by atoms with E-state index < -0.39 is 23.5 Å². The molecule has 0 atom stereocenters. The Balaban J connectivity index is 0.000000491. The van der Waals surface area contributed by atoms with Crippen LogP contribution in [-0.4, -0.2) is 22.2 Å². The van der Waals surface area contributed by atoms with E-state index in [0.717, 1.165) is 12.8 Å². The van der Waals surface area contributed by atoms with Gasteiger partial charge in [-0.05, 0) is 25.4 Å². The van der Waals surface area contributed by atoms with Crippen molar-refractivity contribution >= 4 is 23.1 Å². The van der Waals surface area contributed by atoms with Gasteiger partial charge in [0.2, 0.25) is 0 Å². The van der Waals surface area contributed by atoms with E-state index in [-0.39, 0.29) is 25.8 Å². The molecule has 2 aromatic rings. The molecule has 4 rings (SSSR count). The normalized spacial score (nSPS) is 12.1. The number of carboxylic acid groups (broad SMARTS) is 2. The fourth-order valence-electron chi connectivity index (χ4n) is 2.67. The number of hydrogen-bond acceptors (Lipinski definition) is 4. The van der Waals surface area contributed by atoms with Crippen LogP contribution >= 0.6 is 0 Å². The van der Waals surface area contributed by atoms with Gasteiger partial charge in [0.25, 0.3) is 0 Å². The largest absolute Gasteiger partial charge is 4.00 e. The second-order valence-corrected chi connectivity index (χ2v) is 7.58. The maximum Gasteiger partial charge on any atom is 4.00 e. The minimum atomic E-state index is -1.49. The van der Waals surface area contributed by atoms with E-state index in [2.05, 4.69) is 112 Å². The van der Waals surface area contributed by atoms with Crippen molar-refractivity contribution in [3.63, 3.8) is 0 Å². The zero-order valence-electron chi connectivity index (χ0n) is 20.8. The SMILES string of the molecule is C=C([O-])C(=O)O.C=C([O-])C(=O)O.Cc1ccc(C2=[C-]CC=C2)cc1.Cc1ccc(C2=[C-]CC=C2)cc1.[Hf+4]. The number of carboxylic acids is 2. The van der Waals surface area contributed by atoms with E-state index in [1.165, 1.54) is 33.4 Å². The minimum Gasteiger partial charge on any atom is -0.868 e. The Hall–Kier alpha value is -3.71. The second kappa shape index (κ2) is 17.7. The van der Waals surface area contributed by atoms with Crippen molar-refractivity contribution in [1.29, 1.82) is 0 Å². The molecule has 2 aliphatic rings. The Bertz CT molecular complexity index is 1060. The van der Waals surface area contributed by atoms with Gasteiger partial charge in [-0.25, -0.2) is 9.59 Å². The molecule has 0 saturated carbocycles. The molecule has 0 saturated heterocycles. The van der Waals surface area contributed by atoms with Crippen LogP contribution in [0.3, 0.4) is 0 Å². The van der Waals surface area contributed by atoms with Crippen molar-refractivity contribution in [2.24, 2.45) is 0 Å². The Morgan fingerprint density at radius 2 is 0.973 bits per heavy atom. The molecule has 0 unspecified atom stereocenters. The molecule has 0 radical (unpaired) electrons. The zero-order chi connectivity index (χ0) is 27.1. The maximum atomic E-state index is 9.43. The summed E-state index contributed by atoms with van der Waals surface area (Å²) in [7, 11) is 0. The van der Waals surface area contributed by atoms with E-state index in [9.17, 15) is 19.8 Å². The minimum absolute atomic E-state index is 0. The molecule has 0 spiro atoms. The van der Waals surface area contributed by atoms with Crippen LogP contribution in [0.5, 0.6) is 0 Å². The standard InChI is InChI=1S/2C12H11.2C3H4O3.Hf/c2*1-10-6-8-12(9-7-10)11-4-2-3-5-11;2*1-2(4)3(5)6;/h2*2,4,6-9H,3H2,1H3;2*4H,1H2,(H,5,6);/q2*-1;;;+4/p-2. The first-order valence-corrected chi connectivity index (χ1v) is 10.9. The molecular weight excluding hydrogens is 635 g/mol. The molecule has 0 bridgehead atoms. The van der Waals surface area contributed by atoms with Crippen LogP contribution in [0.4, 0.5) is 0 Å². The van der Waals surface area contributed by atoms with Gasteiger partial charge in [0, 0.05) is 0 Å². The Morgan fingerprint density at radius 1 is 0.703 bits per heavy atom. The maximum absolute atomic E-state index is 9.43. The van der Waals surface area contributed by atoms with Crippen LogP contribution < -0.4 is 10.2 Å². The monoisotopic (exact) mass is 664 g/mol. The summed E-state index contributed by atoms with van der Waals surface area (Å²) in [6, 6.07) is 17.1. The number of allylic oxidation sites excluding steroid dienone is 8. The van der Waals surface area contributed by atoms with Crippen LogP contribution in [0.15, 0.2) is 97.5 Å². The van der Waals surface area contributed by atoms with Crippen molar-refractivity contribution < 1.29 is 55.9 Å². The molecule has 0 heterocycles. The van der Waals surface area contributed by atoms with E-state index in [0.29, 0.717) is 0 Å². The first kappa shape index (κ1) is 33.3. The third-order valence-corrected chi connectivity index (χ3v) is 4.59. The summed E-state index contributed by atoms with van der Waals surface area (Å²) in [6.45, 7) is 9.41. The van der Waals surface area contributed by atoms with Crippen LogP contribution in [-0.2, 0) is 35.4 Å². The average Bonchev–Trinajstić information content (AvgIpc) is 3.56. The van der Waals surface area contributed by atoms with Gasteiger partial charge in [-0.2, -0.15) is 35.5 Å². The van der Waals surface area contributed by atoms with Crippen molar-refractivity contribution in [1.82, 2.24) is 0 Å². The fourth-order valence-corrected chi connectivity index (χ4v) is 2.67. The molecule has 2 N–H and O–H groups in total. The molecule has 2 aliphatic carbocycles. The predicted octanol–water partition coefficient (Wildman–Crippen LogP) is 4.17. The van der Waals surface area contributed by atoms with Crippen molar-refractivity contribution in [3.05, 3.63) is 132 Å². The van der Waals surface area contributed by atoms with Crippen molar-refractivity contribution in [2.75, 3.05) is 0 Å². The molecule has 7 heteroatoms. The number of carbonyl (C=O) groups is 2. The summed E-state index contributed by atoms with van der Waals surface area (Å²) < 4.78 is 0. The number of rotatable bonds is 4. The molecule has 0 aliphatic heterocycles. The average molecular weight is 663 g/mol. The summed E-state index contributed by atoms with van der Waals surface area (Å²) in [5.74, 6) is -5.13. The van der Waals surface area contributed by atoms with Gasteiger partial charge in [-0.15, -0.1) is 47.5 Å². The first-order valence-electron chi connectivity index (χ1n) is 10.9. The Kier molecular flexibility index (Phi) is 15.9. The third-order valence-electron chi connectivity index (χ3n) is 4.59. The summed E-state index contributed by atoms with van der Waals surface area (Å²) in [5, 5.41) is 34.0. The Labute approximate surface area is 236 Å². The van der Waals surface area contributed by atoms with Crippen LogP contribution in [0, 0.1) is 26.0 Å². The number of aliphatic carboxylic acids is 2. The number of hydrogen-bond donors (Lipinski definition) is 2. The quantitative estimate of drug-likeness (QED) is 0.220. The van der Waals surface area contributed by atoms with Gasteiger partial charge < -0.3 is 20.4 Å². The topological polar surface area (TPSA) is 121 Å². The molecule has 0 fully saturated rings. The van der Waals surface area contributed by atoms with Crippen LogP contribution in [0.1, 0.15) is 35.1 Å². The van der Waals surface area contributed by atoms with Crippen LogP contribution in [0.2, 0.25) is 0 Å². The number of aryl methyl sites for hydroxylation is 2. The van der Waals surface area contributed by atoms with Crippen molar-refractivity contribution in [3.8, 4) is 0 Å². The molecule has 6 nitrogen and oxygen atoms in total. The summed E-state index contributed by atoms with van der Waals surface area (Å²) >= 11 is 0. The molecule has 37 heavy (non-hydrogen) atoms. The van der Waals surface area contributed by atoms with E-state index >= 15 is 0 Å². The molecular formula is C30H28HfO6. The second-order valence-electron chi connectivity index (χ2n) is 7.58. The molecule has 2 aromatic carbocycles. The smallest absolute Gasteiger partial charge is 0.868 e. The summed E-state index contributed by atoms with van der Waals surface area (Å²) in [4.78, 5) is 18.6. The van der Waals surface area contributed by atoms with Gasteiger partial charge in [0.15, 0.2) is 0 Å². The van der Waals surface area contributed by atoms with E-state index in [4.69, 9.17) is 10.2 Å². The fraction of sp³-hybridized carbons (Fsp3) is 0.133. The summed E-state index contributed by atoms with van der Waals surface area (Å²) in [5.41, 5.74) is 7.62. The van der Waals surface area contributed by atoms with Crippen molar-refractivity contribution in [2.45, 2.75) is 26.7 Å². The van der Waals surface area contributed by atoms with E-state index in [1.54, 1.807) is 0 Å². The molecule has 188 valence electrons. The number of benzene rings is 2. The van der Waals surface area contributed by atoms with Crippen LogP contribution in [0.25, 0.3) is 11.1 Å². The predicted molar refractivity (Wildman–Crippen MR) is 137 cm³/mol. The first-order chi connectivity index (χ1) is 17.0. The van der Waals surface area contributed by atoms with Gasteiger partial charge in [0.05, 0.1) is 0 Å². The molecule has 0 amide bonds. The van der Waals surface area contributed by atoms with Gasteiger partial charge in [-0.3, -0.25) is 0 Å². The van der Waals surface area contributed by atoms with Gasteiger partial charge in [0.1, 0.15) is 0 Å². The summed E-state index contributed by atoms with van der Waals surface area (Å²) in [6.07, 6.45) is 17.0. The third kappa shape index (κ3) is 13.8. The van der Waals surface area contributed by atoms with Gasteiger partial charge in [-0.1, -0.05) is 61.4 Å².